The van der Waals surface area contributed by atoms with Gasteiger partial charge in [-0.2, -0.15) is 0 Å². The first-order chi connectivity index (χ1) is 17.5. The molecule has 4 aromatic rings. The van der Waals surface area contributed by atoms with E-state index in [1.165, 1.54) is 4.90 Å². The average molecular weight is 495 g/mol. The zero-order chi connectivity index (χ0) is 25.1. The molecule has 4 aromatic carbocycles. The number of thiocarbonyl (C=S) groups is 1. The van der Waals surface area contributed by atoms with Gasteiger partial charge in [0.25, 0.3) is 11.8 Å². The SMILES string of the molecule is CCOc1ccc2ccccc2c1C=C1C(=O)NC(=S)N(c2ccc(Oc3ccccc3)cc2)C1=O. The number of benzene rings is 4. The summed E-state index contributed by atoms with van der Waals surface area (Å²) in [5, 5.41) is 4.50. The van der Waals surface area contributed by atoms with Crippen LogP contribution in [0, 0.1) is 0 Å². The van der Waals surface area contributed by atoms with Crippen LogP contribution in [0.5, 0.6) is 17.2 Å². The van der Waals surface area contributed by atoms with Gasteiger partial charge in [0, 0.05) is 5.56 Å². The highest BCUT2D eigenvalue weighted by atomic mass is 32.1. The van der Waals surface area contributed by atoms with E-state index in [0.29, 0.717) is 35.1 Å². The van der Waals surface area contributed by atoms with Gasteiger partial charge in [0.05, 0.1) is 12.3 Å². The first-order valence-electron chi connectivity index (χ1n) is 11.4. The molecule has 0 atom stereocenters. The molecule has 6 nitrogen and oxygen atoms in total. The van der Waals surface area contributed by atoms with Crippen LogP contribution in [0.3, 0.4) is 0 Å². The Hall–Kier alpha value is -4.49. The third kappa shape index (κ3) is 4.56. The first-order valence-corrected chi connectivity index (χ1v) is 11.8. The van der Waals surface area contributed by atoms with E-state index in [4.69, 9.17) is 21.7 Å². The second-order valence-electron chi connectivity index (χ2n) is 8.00. The minimum Gasteiger partial charge on any atom is -0.493 e. The fraction of sp³-hybridized carbons (Fsp3) is 0.0690. The van der Waals surface area contributed by atoms with Crippen molar-refractivity contribution in [3.8, 4) is 17.2 Å². The average Bonchev–Trinajstić information content (AvgIpc) is 2.89. The molecule has 1 N–H and O–H groups in total. The molecule has 1 aliphatic heterocycles. The molecule has 5 rings (SSSR count). The first kappa shape index (κ1) is 23.3. The molecule has 1 aliphatic rings. The largest absolute Gasteiger partial charge is 0.493 e. The molecule has 7 heteroatoms. The highest BCUT2D eigenvalue weighted by Crippen LogP contribution is 2.32. The maximum atomic E-state index is 13.6. The normalized spacial score (nSPS) is 14.8. The van der Waals surface area contributed by atoms with Gasteiger partial charge < -0.3 is 9.47 Å². The Bertz CT molecular complexity index is 1500. The lowest BCUT2D eigenvalue weighted by molar-refractivity contribution is -0.122. The summed E-state index contributed by atoms with van der Waals surface area (Å²) in [6.45, 7) is 2.33. The lowest BCUT2D eigenvalue weighted by atomic mass is 9.99. The highest BCUT2D eigenvalue weighted by molar-refractivity contribution is 7.80. The van der Waals surface area contributed by atoms with Crippen molar-refractivity contribution in [1.82, 2.24) is 5.32 Å². The topological polar surface area (TPSA) is 67.9 Å². The lowest BCUT2D eigenvalue weighted by Crippen LogP contribution is -2.54. The number of nitrogens with zero attached hydrogens (tertiary/aromatic N) is 1. The fourth-order valence-corrected chi connectivity index (χ4v) is 4.31. The molecular weight excluding hydrogens is 472 g/mol. The number of amides is 2. The smallest absolute Gasteiger partial charge is 0.270 e. The summed E-state index contributed by atoms with van der Waals surface area (Å²) in [4.78, 5) is 27.8. The Labute approximate surface area is 213 Å². The molecule has 0 aliphatic carbocycles. The summed E-state index contributed by atoms with van der Waals surface area (Å²) < 4.78 is 11.6. The second kappa shape index (κ2) is 10.0. The molecule has 1 fully saturated rings. The predicted molar refractivity (Wildman–Crippen MR) is 144 cm³/mol. The van der Waals surface area contributed by atoms with Gasteiger partial charge in [0.2, 0.25) is 0 Å². The molecule has 178 valence electrons. The van der Waals surface area contributed by atoms with Gasteiger partial charge in [-0.25, -0.2) is 0 Å². The number of carbonyl (C=O) groups is 2. The molecule has 0 unspecified atom stereocenters. The Balaban J connectivity index is 1.50. The summed E-state index contributed by atoms with van der Waals surface area (Å²) in [7, 11) is 0. The van der Waals surface area contributed by atoms with Crippen molar-refractivity contribution in [2.75, 3.05) is 11.5 Å². The lowest BCUT2D eigenvalue weighted by Gasteiger charge is -2.29. The molecular formula is C29H22N2O4S. The maximum absolute atomic E-state index is 13.6. The Morgan fingerprint density at radius 2 is 1.56 bits per heavy atom. The van der Waals surface area contributed by atoms with Crippen LogP contribution in [0.2, 0.25) is 0 Å². The van der Waals surface area contributed by atoms with E-state index in [1.54, 1.807) is 30.3 Å². The third-order valence-electron chi connectivity index (χ3n) is 5.69. The number of hydrogen-bond donors (Lipinski definition) is 1. The van der Waals surface area contributed by atoms with Crippen molar-refractivity contribution in [1.29, 1.82) is 0 Å². The van der Waals surface area contributed by atoms with Gasteiger partial charge >= 0.3 is 0 Å². The standard InChI is InChI=1S/C29H22N2O4S/c1-2-34-26-17-12-19-8-6-7-11-23(19)24(26)18-25-27(32)30-29(36)31(28(25)33)20-13-15-22(16-14-20)35-21-9-4-3-5-10-21/h3-18H,2H2,1H3,(H,30,32,36). The Morgan fingerprint density at radius 3 is 2.31 bits per heavy atom. The molecule has 1 heterocycles. The zero-order valence-electron chi connectivity index (χ0n) is 19.4. The van der Waals surface area contributed by atoms with Crippen molar-refractivity contribution in [2.24, 2.45) is 0 Å². The van der Waals surface area contributed by atoms with Gasteiger partial charge in [-0.15, -0.1) is 0 Å². The van der Waals surface area contributed by atoms with E-state index in [2.05, 4.69) is 5.32 Å². The number of ether oxygens (including phenoxy) is 2. The number of nitrogens with one attached hydrogen (secondary N) is 1. The van der Waals surface area contributed by atoms with Gasteiger partial charge in [-0.3, -0.25) is 19.8 Å². The molecule has 0 spiro atoms. The van der Waals surface area contributed by atoms with E-state index >= 15 is 0 Å². The van der Waals surface area contributed by atoms with E-state index < -0.39 is 11.8 Å². The molecule has 0 aromatic heterocycles. The highest BCUT2D eigenvalue weighted by Gasteiger charge is 2.35. The van der Waals surface area contributed by atoms with Gasteiger partial charge in [-0.05, 0) is 78.5 Å². The quantitative estimate of drug-likeness (QED) is 0.207. The maximum Gasteiger partial charge on any atom is 0.270 e. The van der Waals surface area contributed by atoms with Gasteiger partial charge in [-0.1, -0.05) is 48.5 Å². The van der Waals surface area contributed by atoms with Crippen molar-refractivity contribution in [3.05, 3.63) is 102 Å². The van der Waals surface area contributed by atoms with Crippen LogP contribution in [0.4, 0.5) is 5.69 Å². The predicted octanol–water partition coefficient (Wildman–Crippen LogP) is 5.86. The summed E-state index contributed by atoms with van der Waals surface area (Å²) in [6.07, 6.45) is 1.58. The number of carbonyl (C=O) groups excluding carboxylic acids is 2. The van der Waals surface area contributed by atoms with Crippen LogP contribution >= 0.6 is 12.2 Å². The number of anilines is 1. The van der Waals surface area contributed by atoms with E-state index in [1.807, 2.05) is 73.7 Å². The summed E-state index contributed by atoms with van der Waals surface area (Å²) >= 11 is 5.35. The van der Waals surface area contributed by atoms with Crippen LogP contribution in [-0.2, 0) is 9.59 Å². The second-order valence-corrected chi connectivity index (χ2v) is 8.39. The van der Waals surface area contributed by atoms with Crippen LogP contribution in [0.1, 0.15) is 12.5 Å². The summed E-state index contributed by atoms with van der Waals surface area (Å²) in [5.74, 6) is 0.827. The van der Waals surface area contributed by atoms with E-state index in [0.717, 1.165) is 10.8 Å². The van der Waals surface area contributed by atoms with Gasteiger partial charge in [0.1, 0.15) is 22.8 Å². The minimum atomic E-state index is -0.555. The van der Waals surface area contributed by atoms with Crippen molar-refractivity contribution < 1.29 is 19.1 Å². The number of fused-ring (bicyclic) bond motifs is 1. The van der Waals surface area contributed by atoms with Crippen molar-refractivity contribution in [2.45, 2.75) is 6.92 Å². The molecule has 0 bridgehead atoms. The third-order valence-corrected chi connectivity index (χ3v) is 5.98. The van der Waals surface area contributed by atoms with Crippen LogP contribution in [-0.4, -0.2) is 23.5 Å². The summed E-state index contributed by atoms with van der Waals surface area (Å²) in [6, 6.07) is 27.9. The van der Waals surface area contributed by atoms with E-state index in [9.17, 15) is 9.59 Å². The fourth-order valence-electron chi connectivity index (χ4n) is 4.03. The zero-order valence-corrected chi connectivity index (χ0v) is 20.2. The number of rotatable bonds is 6. The number of para-hydroxylation sites is 1. The van der Waals surface area contributed by atoms with Crippen molar-refractivity contribution in [3.63, 3.8) is 0 Å². The molecule has 2 amide bonds. The van der Waals surface area contributed by atoms with Gasteiger partial charge in [0.15, 0.2) is 5.11 Å². The number of hydrogen-bond acceptors (Lipinski definition) is 5. The molecule has 0 saturated carbocycles. The minimum absolute atomic E-state index is 0.0156. The summed E-state index contributed by atoms with van der Waals surface area (Å²) in [5.41, 5.74) is 1.14. The van der Waals surface area contributed by atoms with Crippen LogP contribution < -0.4 is 19.7 Å². The van der Waals surface area contributed by atoms with Crippen LogP contribution in [0.25, 0.3) is 16.8 Å². The molecule has 0 radical (unpaired) electrons. The molecule has 36 heavy (non-hydrogen) atoms. The van der Waals surface area contributed by atoms with Crippen LogP contribution in [0.15, 0.2) is 96.6 Å². The van der Waals surface area contributed by atoms with Crippen molar-refractivity contribution >= 4 is 51.7 Å². The Kier molecular flexibility index (Phi) is 6.47. The monoisotopic (exact) mass is 494 g/mol. The molecule has 1 saturated heterocycles. The Morgan fingerprint density at radius 1 is 0.861 bits per heavy atom. The van der Waals surface area contributed by atoms with E-state index in [-0.39, 0.29) is 10.7 Å².